The van der Waals surface area contributed by atoms with Crippen molar-refractivity contribution in [3.8, 4) is 0 Å². The lowest BCUT2D eigenvalue weighted by Crippen LogP contribution is -2.56. The van der Waals surface area contributed by atoms with E-state index in [9.17, 15) is 13.2 Å². The molecule has 4 fully saturated rings. The van der Waals surface area contributed by atoms with Crippen LogP contribution in [-0.2, 0) is 10.0 Å². The Morgan fingerprint density at radius 3 is 2.10 bits per heavy atom. The van der Waals surface area contributed by atoms with Crippen LogP contribution in [0.1, 0.15) is 38.5 Å². The van der Waals surface area contributed by atoms with Gasteiger partial charge in [0.15, 0.2) is 0 Å². The molecule has 8 heteroatoms. The number of likely N-dealkylation sites (tertiary alicyclic amines) is 1. The molecule has 2 amide bonds. The van der Waals surface area contributed by atoms with Crippen LogP contribution < -0.4 is 0 Å². The third-order valence-corrected chi connectivity index (χ3v) is 9.96. The summed E-state index contributed by atoms with van der Waals surface area (Å²) in [5, 5.41) is 0. The molecule has 0 bridgehead atoms. The van der Waals surface area contributed by atoms with Gasteiger partial charge in [-0.15, -0.1) is 0 Å². The van der Waals surface area contributed by atoms with E-state index in [-0.39, 0.29) is 11.4 Å². The summed E-state index contributed by atoms with van der Waals surface area (Å²) in [6.07, 6.45) is 6.64. The van der Waals surface area contributed by atoms with Gasteiger partial charge in [0.05, 0.1) is 4.90 Å². The minimum atomic E-state index is -3.43. The van der Waals surface area contributed by atoms with Gasteiger partial charge in [0, 0.05) is 58.4 Å². The molecule has 3 saturated heterocycles. The van der Waals surface area contributed by atoms with Crippen molar-refractivity contribution in [3.63, 3.8) is 0 Å². The first-order chi connectivity index (χ1) is 15.0. The van der Waals surface area contributed by atoms with E-state index in [1.165, 1.54) is 19.3 Å². The van der Waals surface area contributed by atoms with Crippen LogP contribution in [0, 0.1) is 5.41 Å². The molecule has 3 aliphatic heterocycles. The fraction of sp³-hybridized carbons (Fsp3) is 0.696. The minimum Gasteiger partial charge on any atom is -0.324 e. The summed E-state index contributed by atoms with van der Waals surface area (Å²) in [6, 6.07) is 9.65. The van der Waals surface area contributed by atoms with Crippen LogP contribution in [0.5, 0.6) is 0 Å². The molecule has 0 N–H and O–H groups in total. The van der Waals surface area contributed by atoms with Crippen LogP contribution in [0.15, 0.2) is 35.2 Å². The summed E-state index contributed by atoms with van der Waals surface area (Å²) >= 11 is 0. The van der Waals surface area contributed by atoms with Crippen molar-refractivity contribution in [2.75, 3.05) is 52.4 Å². The van der Waals surface area contributed by atoms with Crippen LogP contribution >= 0.6 is 0 Å². The Kier molecular flexibility index (Phi) is 5.73. The Bertz CT molecular complexity index is 887. The van der Waals surface area contributed by atoms with Gasteiger partial charge >= 0.3 is 6.03 Å². The topological polar surface area (TPSA) is 64.2 Å². The number of rotatable bonds is 3. The normalized spacial score (nSPS) is 25.7. The second-order valence-corrected chi connectivity index (χ2v) is 11.7. The highest BCUT2D eigenvalue weighted by Crippen LogP contribution is 2.41. The molecule has 0 aromatic heterocycles. The van der Waals surface area contributed by atoms with Crippen LogP contribution in [0.4, 0.5) is 4.79 Å². The van der Waals surface area contributed by atoms with Gasteiger partial charge in [0.2, 0.25) is 10.0 Å². The number of urea groups is 1. The predicted octanol–water partition coefficient (Wildman–Crippen LogP) is 2.45. The Morgan fingerprint density at radius 2 is 1.48 bits per heavy atom. The Morgan fingerprint density at radius 1 is 0.839 bits per heavy atom. The third-order valence-electron chi connectivity index (χ3n) is 8.05. The molecule has 1 aromatic rings. The first-order valence-corrected chi connectivity index (χ1v) is 13.2. The van der Waals surface area contributed by atoms with E-state index in [0.717, 1.165) is 64.6 Å². The maximum atomic E-state index is 13.1. The summed E-state index contributed by atoms with van der Waals surface area (Å²) in [6.45, 7) is 6.33. The summed E-state index contributed by atoms with van der Waals surface area (Å²) in [5.74, 6) is 0. The highest BCUT2D eigenvalue weighted by molar-refractivity contribution is 7.89. The van der Waals surface area contributed by atoms with E-state index in [2.05, 4.69) is 4.90 Å². The van der Waals surface area contributed by atoms with Crippen molar-refractivity contribution in [1.29, 1.82) is 0 Å². The molecule has 31 heavy (non-hydrogen) atoms. The molecule has 1 aliphatic carbocycles. The molecule has 0 atom stereocenters. The lowest BCUT2D eigenvalue weighted by molar-refractivity contribution is 0.0634. The van der Waals surface area contributed by atoms with Crippen LogP contribution in [0.2, 0.25) is 0 Å². The Hall–Kier alpha value is -1.64. The second-order valence-electron chi connectivity index (χ2n) is 9.78. The highest BCUT2D eigenvalue weighted by atomic mass is 32.2. The maximum absolute atomic E-state index is 13.1. The molecular formula is C23H34N4O3S. The maximum Gasteiger partial charge on any atom is 0.320 e. The highest BCUT2D eigenvalue weighted by Gasteiger charge is 2.45. The van der Waals surface area contributed by atoms with Crippen LogP contribution in [0.3, 0.4) is 0 Å². The Balaban J connectivity index is 1.14. The molecule has 1 spiro atoms. The molecule has 0 radical (unpaired) electrons. The van der Waals surface area contributed by atoms with E-state index >= 15 is 0 Å². The van der Waals surface area contributed by atoms with Crippen molar-refractivity contribution >= 4 is 16.1 Å². The van der Waals surface area contributed by atoms with Gasteiger partial charge in [0.25, 0.3) is 0 Å². The van der Waals surface area contributed by atoms with E-state index < -0.39 is 10.0 Å². The van der Waals surface area contributed by atoms with Crippen molar-refractivity contribution in [2.24, 2.45) is 5.41 Å². The van der Waals surface area contributed by atoms with E-state index in [1.807, 2.05) is 15.9 Å². The number of amides is 2. The zero-order valence-electron chi connectivity index (χ0n) is 18.3. The molecule has 170 valence electrons. The largest absolute Gasteiger partial charge is 0.324 e. The monoisotopic (exact) mass is 446 g/mol. The number of sulfonamides is 1. The number of nitrogens with zero attached hydrogens (tertiary/aromatic N) is 4. The van der Waals surface area contributed by atoms with Gasteiger partial charge in [-0.2, -0.15) is 4.31 Å². The lowest BCUT2D eigenvalue weighted by Gasteiger charge is -2.43. The number of benzene rings is 1. The van der Waals surface area contributed by atoms with E-state index in [1.54, 1.807) is 28.6 Å². The zero-order chi connectivity index (χ0) is 21.5. The second kappa shape index (κ2) is 8.37. The summed E-state index contributed by atoms with van der Waals surface area (Å²) in [4.78, 5) is 20.1. The molecule has 4 aliphatic rings. The predicted molar refractivity (Wildman–Crippen MR) is 119 cm³/mol. The SMILES string of the molecule is O=C(N1CCN(C2CCC2)CC1)N1CCC2(CCN(S(=O)(=O)c3ccccc3)CC2)C1. The summed E-state index contributed by atoms with van der Waals surface area (Å²) in [7, 11) is -3.43. The van der Waals surface area contributed by atoms with Gasteiger partial charge in [-0.25, -0.2) is 13.2 Å². The molecular weight excluding hydrogens is 412 g/mol. The fourth-order valence-corrected chi connectivity index (χ4v) is 7.14. The van der Waals surface area contributed by atoms with Crippen LogP contribution in [-0.4, -0.2) is 91.9 Å². The number of piperazine rings is 1. The number of piperidine rings is 1. The van der Waals surface area contributed by atoms with E-state index in [0.29, 0.717) is 18.0 Å². The third kappa shape index (κ3) is 4.10. The number of hydrogen-bond acceptors (Lipinski definition) is 4. The first kappa shape index (κ1) is 21.2. The van der Waals surface area contributed by atoms with Crippen molar-refractivity contribution in [1.82, 2.24) is 19.0 Å². The molecule has 5 rings (SSSR count). The summed E-state index contributed by atoms with van der Waals surface area (Å²) in [5.41, 5.74) is 0.0755. The quantitative estimate of drug-likeness (QED) is 0.716. The van der Waals surface area contributed by atoms with Gasteiger partial charge in [-0.3, -0.25) is 4.90 Å². The molecule has 3 heterocycles. The minimum absolute atomic E-state index is 0.0755. The summed E-state index contributed by atoms with van der Waals surface area (Å²) < 4.78 is 27.5. The smallest absolute Gasteiger partial charge is 0.320 e. The number of carbonyl (C=O) groups is 1. The average molecular weight is 447 g/mol. The van der Waals surface area contributed by atoms with Crippen molar-refractivity contribution < 1.29 is 13.2 Å². The molecule has 7 nitrogen and oxygen atoms in total. The van der Waals surface area contributed by atoms with E-state index in [4.69, 9.17) is 0 Å². The number of hydrogen-bond donors (Lipinski definition) is 0. The van der Waals surface area contributed by atoms with Gasteiger partial charge in [0.1, 0.15) is 0 Å². The van der Waals surface area contributed by atoms with Gasteiger partial charge in [-0.1, -0.05) is 24.6 Å². The Labute approximate surface area is 186 Å². The number of carbonyl (C=O) groups excluding carboxylic acids is 1. The van der Waals surface area contributed by atoms with Crippen LogP contribution in [0.25, 0.3) is 0 Å². The first-order valence-electron chi connectivity index (χ1n) is 11.8. The van der Waals surface area contributed by atoms with Crippen molar-refractivity contribution in [2.45, 2.75) is 49.5 Å². The molecule has 0 unspecified atom stereocenters. The van der Waals surface area contributed by atoms with Gasteiger partial charge < -0.3 is 9.80 Å². The fourth-order valence-electron chi connectivity index (χ4n) is 5.68. The molecule has 1 aromatic carbocycles. The average Bonchev–Trinajstić information content (AvgIpc) is 3.17. The zero-order valence-corrected chi connectivity index (χ0v) is 19.1. The van der Waals surface area contributed by atoms with Gasteiger partial charge in [-0.05, 0) is 49.7 Å². The lowest BCUT2D eigenvalue weighted by atomic mass is 9.78. The van der Waals surface area contributed by atoms with Crippen molar-refractivity contribution in [3.05, 3.63) is 30.3 Å². The molecule has 1 saturated carbocycles. The standard InChI is InChI=1S/C23H34N4O3S/c28-22(25-17-15-24(16-18-25)20-5-4-6-20)26-12-9-23(19-26)10-13-27(14-11-23)31(29,30)21-7-2-1-3-8-21/h1-3,7-8,20H,4-6,9-19H2.